The monoisotopic (exact) mass is 346 g/mol. The molecule has 0 N–H and O–H groups in total. The van der Waals surface area contributed by atoms with Crippen LogP contribution in [-0.2, 0) is 6.54 Å². The molecule has 1 aromatic heterocycles. The number of benzene rings is 1. The summed E-state index contributed by atoms with van der Waals surface area (Å²) in [7, 11) is 0. The van der Waals surface area contributed by atoms with E-state index in [9.17, 15) is 4.79 Å². The Bertz CT molecular complexity index is 610. The molecule has 0 aliphatic rings. The molecule has 0 aliphatic heterocycles. The summed E-state index contributed by atoms with van der Waals surface area (Å²) in [5.74, 6) is -0.170. The molecule has 0 fully saturated rings. The Morgan fingerprint density at radius 3 is 2.72 bits per heavy atom. The average Bonchev–Trinajstić information content (AvgIpc) is 2.73. The lowest BCUT2D eigenvalue weighted by Crippen LogP contribution is -2.11. The van der Waals surface area contributed by atoms with Crippen LogP contribution in [0.15, 0.2) is 28.9 Å². The van der Waals surface area contributed by atoms with Gasteiger partial charge in [-0.1, -0.05) is 23.2 Å². The number of halogens is 3. The molecule has 3 nitrogen and oxygen atoms in total. The predicted octanol–water partition coefficient (Wildman–Crippen LogP) is 4.20. The molecule has 0 saturated heterocycles. The van der Waals surface area contributed by atoms with Gasteiger partial charge >= 0.3 is 0 Å². The van der Waals surface area contributed by atoms with Crippen molar-refractivity contribution in [3.63, 3.8) is 0 Å². The predicted molar refractivity (Wildman–Crippen MR) is 75.5 cm³/mol. The molecule has 0 bridgehead atoms. The van der Waals surface area contributed by atoms with Gasteiger partial charge in [-0.2, -0.15) is 5.10 Å². The standard InChI is InChI=1S/C12H9BrCl2N2O/c1-2-17-11(10(15)6-16-17)12(18)7-3-4-9(14)8(13)5-7/h3-6H,2H2,1H3. The minimum absolute atomic E-state index is 0.170. The minimum Gasteiger partial charge on any atom is -0.287 e. The number of ketones is 1. The zero-order valence-corrected chi connectivity index (χ0v) is 12.6. The molecule has 0 spiro atoms. The highest BCUT2D eigenvalue weighted by molar-refractivity contribution is 9.10. The van der Waals surface area contributed by atoms with Gasteiger partial charge in [0.1, 0.15) is 5.69 Å². The first-order valence-corrected chi connectivity index (χ1v) is 6.80. The van der Waals surface area contributed by atoms with Gasteiger partial charge in [0.2, 0.25) is 5.78 Å². The minimum atomic E-state index is -0.170. The molecule has 2 aromatic rings. The Balaban J connectivity index is 2.47. The molecular formula is C12H9BrCl2N2O. The van der Waals surface area contributed by atoms with Crippen LogP contribution in [0.4, 0.5) is 0 Å². The van der Waals surface area contributed by atoms with Gasteiger partial charge in [0, 0.05) is 16.6 Å². The van der Waals surface area contributed by atoms with Gasteiger partial charge in [0.25, 0.3) is 0 Å². The molecule has 1 heterocycles. The smallest absolute Gasteiger partial charge is 0.212 e. The first-order chi connectivity index (χ1) is 8.54. The van der Waals surface area contributed by atoms with Crippen molar-refractivity contribution in [2.75, 3.05) is 0 Å². The lowest BCUT2D eigenvalue weighted by molar-refractivity contribution is 0.102. The van der Waals surface area contributed by atoms with Crippen molar-refractivity contribution in [2.45, 2.75) is 13.5 Å². The van der Waals surface area contributed by atoms with Crippen LogP contribution in [0.2, 0.25) is 10.0 Å². The second-order valence-corrected chi connectivity index (χ2v) is 5.28. The molecule has 6 heteroatoms. The quantitative estimate of drug-likeness (QED) is 0.780. The van der Waals surface area contributed by atoms with E-state index in [4.69, 9.17) is 23.2 Å². The van der Waals surface area contributed by atoms with E-state index in [1.165, 1.54) is 6.20 Å². The van der Waals surface area contributed by atoms with Gasteiger partial charge in [-0.25, -0.2) is 0 Å². The Kier molecular flexibility index (Phi) is 4.10. The first kappa shape index (κ1) is 13.6. The highest BCUT2D eigenvalue weighted by Gasteiger charge is 2.19. The van der Waals surface area contributed by atoms with E-state index >= 15 is 0 Å². The molecule has 1 aromatic carbocycles. The Morgan fingerprint density at radius 2 is 2.11 bits per heavy atom. The number of nitrogens with zero attached hydrogens (tertiary/aromatic N) is 2. The molecule has 94 valence electrons. The van der Waals surface area contributed by atoms with E-state index in [0.717, 1.165) is 0 Å². The zero-order chi connectivity index (χ0) is 13.3. The third kappa shape index (κ3) is 2.46. The van der Waals surface area contributed by atoms with Gasteiger partial charge in [-0.15, -0.1) is 0 Å². The summed E-state index contributed by atoms with van der Waals surface area (Å²) in [6, 6.07) is 5.01. The highest BCUT2D eigenvalue weighted by atomic mass is 79.9. The Hall–Kier alpha value is -0.840. The SMILES string of the molecule is CCn1ncc(Cl)c1C(=O)c1ccc(Cl)c(Br)c1. The molecular weight excluding hydrogens is 339 g/mol. The van der Waals surface area contributed by atoms with Crippen molar-refractivity contribution in [1.29, 1.82) is 0 Å². The first-order valence-electron chi connectivity index (χ1n) is 5.25. The van der Waals surface area contributed by atoms with Crippen LogP contribution in [0.3, 0.4) is 0 Å². The van der Waals surface area contributed by atoms with E-state index < -0.39 is 0 Å². The van der Waals surface area contributed by atoms with Gasteiger partial charge < -0.3 is 0 Å². The van der Waals surface area contributed by atoms with Crippen molar-refractivity contribution in [3.05, 3.63) is 50.2 Å². The second kappa shape index (κ2) is 5.43. The number of aromatic nitrogens is 2. The molecule has 0 atom stereocenters. The van der Waals surface area contributed by atoms with E-state index in [1.54, 1.807) is 22.9 Å². The van der Waals surface area contributed by atoms with E-state index in [-0.39, 0.29) is 5.78 Å². The van der Waals surface area contributed by atoms with Gasteiger partial charge in [-0.3, -0.25) is 9.48 Å². The second-order valence-electron chi connectivity index (χ2n) is 3.61. The van der Waals surface area contributed by atoms with Crippen LogP contribution < -0.4 is 0 Å². The van der Waals surface area contributed by atoms with Crippen LogP contribution in [0.25, 0.3) is 0 Å². The largest absolute Gasteiger partial charge is 0.287 e. The zero-order valence-electron chi connectivity index (χ0n) is 9.45. The van der Waals surface area contributed by atoms with E-state index in [2.05, 4.69) is 21.0 Å². The van der Waals surface area contributed by atoms with Crippen LogP contribution in [0.1, 0.15) is 23.0 Å². The van der Waals surface area contributed by atoms with Gasteiger partial charge in [0.15, 0.2) is 0 Å². The lowest BCUT2D eigenvalue weighted by atomic mass is 10.1. The number of aryl methyl sites for hydroxylation is 1. The summed E-state index contributed by atoms with van der Waals surface area (Å²) in [6.07, 6.45) is 1.48. The molecule has 0 radical (unpaired) electrons. The van der Waals surface area contributed by atoms with Crippen molar-refractivity contribution in [3.8, 4) is 0 Å². The van der Waals surface area contributed by atoms with Crippen LogP contribution in [0, 0.1) is 0 Å². The summed E-state index contributed by atoms with van der Waals surface area (Å²) >= 11 is 15.2. The van der Waals surface area contributed by atoms with Crippen LogP contribution >= 0.6 is 39.1 Å². The number of rotatable bonds is 3. The van der Waals surface area contributed by atoms with Crippen LogP contribution in [-0.4, -0.2) is 15.6 Å². The molecule has 0 unspecified atom stereocenters. The average molecular weight is 348 g/mol. The van der Waals surface area contributed by atoms with Crippen molar-refractivity contribution >= 4 is 44.9 Å². The van der Waals surface area contributed by atoms with E-state index in [1.807, 2.05) is 6.92 Å². The summed E-state index contributed by atoms with van der Waals surface area (Å²) in [6.45, 7) is 2.49. The summed E-state index contributed by atoms with van der Waals surface area (Å²) < 4.78 is 2.25. The van der Waals surface area contributed by atoms with E-state index in [0.29, 0.717) is 32.3 Å². The maximum atomic E-state index is 12.4. The fourth-order valence-corrected chi connectivity index (χ4v) is 2.33. The Labute approximate surface area is 123 Å². The highest BCUT2D eigenvalue weighted by Crippen LogP contribution is 2.26. The third-order valence-corrected chi connectivity index (χ3v) is 3.98. The van der Waals surface area contributed by atoms with Crippen molar-refractivity contribution in [1.82, 2.24) is 9.78 Å². The van der Waals surface area contributed by atoms with Gasteiger partial charge in [-0.05, 0) is 41.1 Å². The fraction of sp³-hybridized carbons (Fsp3) is 0.167. The lowest BCUT2D eigenvalue weighted by Gasteiger charge is -2.05. The molecule has 18 heavy (non-hydrogen) atoms. The normalized spacial score (nSPS) is 10.7. The van der Waals surface area contributed by atoms with Gasteiger partial charge in [0.05, 0.1) is 16.2 Å². The maximum Gasteiger partial charge on any atom is 0.212 e. The molecule has 0 aliphatic carbocycles. The van der Waals surface area contributed by atoms with Crippen molar-refractivity contribution in [2.24, 2.45) is 0 Å². The number of hydrogen-bond acceptors (Lipinski definition) is 2. The number of hydrogen-bond donors (Lipinski definition) is 0. The molecule has 2 rings (SSSR count). The topological polar surface area (TPSA) is 34.9 Å². The summed E-state index contributed by atoms with van der Waals surface area (Å²) in [5, 5.41) is 4.96. The van der Waals surface area contributed by atoms with Crippen molar-refractivity contribution < 1.29 is 4.79 Å². The van der Waals surface area contributed by atoms with Crippen LogP contribution in [0.5, 0.6) is 0 Å². The Morgan fingerprint density at radius 1 is 1.39 bits per heavy atom. The molecule has 0 amide bonds. The summed E-state index contributed by atoms with van der Waals surface area (Å²) in [4.78, 5) is 12.4. The fourth-order valence-electron chi connectivity index (χ4n) is 1.60. The third-order valence-electron chi connectivity index (χ3n) is 2.49. The summed E-state index contributed by atoms with van der Waals surface area (Å²) in [5.41, 5.74) is 0.914. The number of carbonyl (C=O) groups is 1. The maximum absolute atomic E-state index is 12.4. The number of carbonyl (C=O) groups excluding carboxylic acids is 1. The molecule has 0 saturated carbocycles.